The van der Waals surface area contributed by atoms with Crippen LogP contribution in [-0.4, -0.2) is 16.1 Å². The molecule has 3 rings (SSSR count). The molecule has 0 bridgehead atoms. The van der Waals surface area contributed by atoms with E-state index < -0.39 is 11.7 Å². The first kappa shape index (κ1) is 13.9. The van der Waals surface area contributed by atoms with Gasteiger partial charge in [0.15, 0.2) is 0 Å². The van der Waals surface area contributed by atoms with E-state index in [0.29, 0.717) is 25.2 Å². The Bertz CT molecular complexity index is 648. The number of hydrogen-bond donors (Lipinski definition) is 1. The quantitative estimate of drug-likeness (QED) is 0.925. The van der Waals surface area contributed by atoms with Crippen LogP contribution in [0.4, 0.5) is 18.9 Å². The largest absolute Gasteiger partial charge is 0.418 e. The van der Waals surface area contributed by atoms with Crippen LogP contribution in [0.15, 0.2) is 30.6 Å². The van der Waals surface area contributed by atoms with E-state index in [1.807, 2.05) is 10.8 Å². The third kappa shape index (κ3) is 2.61. The highest BCUT2D eigenvalue weighted by molar-refractivity contribution is 5.56. The van der Waals surface area contributed by atoms with E-state index in [9.17, 15) is 13.2 Å². The summed E-state index contributed by atoms with van der Waals surface area (Å²) in [6.45, 7) is 1.62. The van der Waals surface area contributed by atoms with Crippen LogP contribution in [0.3, 0.4) is 0 Å². The van der Waals surface area contributed by atoms with E-state index in [0.717, 1.165) is 11.9 Å². The number of fused-ring (bicyclic) bond motifs is 1. The Labute approximate surface area is 120 Å². The minimum atomic E-state index is -4.40. The van der Waals surface area contributed by atoms with Crippen molar-refractivity contribution in [3.63, 3.8) is 0 Å². The average Bonchev–Trinajstić information content (AvgIpc) is 2.93. The lowest BCUT2D eigenvalue weighted by atomic mass is 10.1. The Kier molecular flexibility index (Phi) is 3.36. The number of rotatable bonds is 2. The molecule has 1 aromatic heterocycles. The Balaban J connectivity index is 1.99. The zero-order valence-corrected chi connectivity index (χ0v) is 11.3. The highest BCUT2D eigenvalue weighted by Gasteiger charge is 2.35. The van der Waals surface area contributed by atoms with Crippen LogP contribution in [0, 0.1) is 0 Å². The first-order valence-electron chi connectivity index (χ1n) is 6.64. The fourth-order valence-electron chi connectivity index (χ4n) is 2.59. The van der Waals surface area contributed by atoms with Crippen LogP contribution in [0.2, 0.25) is 0 Å². The maximum atomic E-state index is 13.3. The first-order chi connectivity index (χ1) is 9.99. The van der Waals surface area contributed by atoms with Crippen molar-refractivity contribution >= 4 is 5.69 Å². The van der Waals surface area contributed by atoms with E-state index in [-0.39, 0.29) is 12.2 Å². The second kappa shape index (κ2) is 5.07. The normalized spacial score (nSPS) is 15.1. The van der Waals surface area contributed by atoms with Gasteiger partial charge in [-0.15, -0.1) is 0 Å². The summed E-state index contributed by atoms with van der Waals surface area (Å²) in [5.41, 5.74) is 5.48. The van der Waals surface area contributed by atoms with Crippen LogP contribution in [0.5, 0.6) is 0 Å². The summed E-state index contributed by atoms with van der Waals surface area (Å²) in [4.78, 5) is 5.89. The monoisotopic (exact) mass is 296 g/mol. The number of alkyl halides is 3. The van der Waals surface area contributed by atoms with Gasteiger partial charge in [-0.1, -0.05) is 6.07 Å². The van der Waals surface area contributed by atoms with Crippen molar-refractivity contribution in [2.75, 3.05) is 11.4 Å². The minimum absolute atomic E-state index is 0.0910. The van der Waals surface area contributed by atoms with Crippen molar-refractivity contribution in [1.29, 1.82) is 0 Å². The molecule has 0 saturated heterocycles. The van der Waals surface area contributed by atoms with Crippen molar-refractivity contribution in [2.24, 2.45) is 5.73 Å². The zero-order chi connectivity index (χ0) is 15.0. The number of benzene rings is 1. The molecule has 1 aromatic carbocycles. The van der Waals surface area contributed by atoms with Gasteiger partial charge in [-0.2, -0.15) is 13.2 Å². The molecule has 0 saturated carbocycles. The number of hydrogen-bond acceptors (Lipinski definition) is 3. The number of imidazole rings is 1. The van der Waals surface area contributed by atoms with Gasteiger partial charge in [-0.3, -0.25) is 0 Å². The molecule has 1 aliphatic rings. The van der Waals surface area contributed by atoms with Crippen molar-refractivity contribution in [3.05, 3.63) is 47.5 Å². The van der Waals surface area contributed by atoms with Crippen LogP contribution < -0.4 is 10.6 Å². The summed E-state index contributed by atoms with van der Waals surface area (Å²) in [5, 5.41) is 0. The van der Waals surface area contributed by atoms with Crippen LogP contribution in [0.1, 0.15) is 17.0 Å². The van der Waals surface area contributed by atoms with Gasteiger partial charge in [0.25, 0.3) is 0 Å². The van der Waals surface area contributed by atoms with E-state index >= 15 is 0 Å². The van der Waals surface area contributed by atoms with Crippen LogP contribution >= 0.6 is 0 Å². The van der Waals surface area contributed by atoms with Gasteiger partial charge >= 0.3 is 6.18 Å². The lowest BCUT2D eigenvalue weighted by Gasteiger charge is -2.31. The molecule has 2 heterocycles. The third-order valence-corrected chi connectivity index (χ3v) is 3.69. The molecule has 2 N–H and O–H groups in total. The molecular weight excluding hydrogens is 281 g/mol. The minimum Gasteiger partial charge on any atom is -0.362 e. The van der Waals surface area contributed by atoms with Crippen molar-refractivity contribution in [1.82, 2.24) is 9.55 Å². The van der Waals surface area contributed by atoms with Crippen molar-refractivity contribution in [3.8, 4) is 0 Å². The molecule has 0 fully saturated rings. The maximum Gasteiger partial charge on any atom is 0.418 e. The molecule has 0 amide bonds. The molecule has 1 aliphatic heterocycles. The molecule has 0 aliphatic carbocycles. The standard InChI is InChI=1S/C14H15F3N4/c15-14(16,17)11-7-10(8-18)1-2-12(11)21-6-5-20-4-3-19-13(20)9-21/h1-4,7H,5-6,8-9,18H2. The summed E-state index contributed by atoms with van der Waals surface area (Å²) in [6.07, 6.45) is -0.886. The highest BCUT2D eigenvalue weighted by atomic mass is 19.4. The van der Waals surface area contributed by atoms with Gasteiger partial charge in [0.1, 0.15) is 5.82 Å². The predicted molar refractivity (Wildman–Crippen MR) is 72.6 cm³/mol. The molecule has 0 atom stereocenters. The SMILES string of the molecule is NCc1ccc(N2CCn3ccnc3C2)c(C(F)(F)F)c1. The predicted octanol–water partition coefficient (Wildman–Crippen LogP) is 2.38. The smallest absolute Gasteiger partial charge is 0.362 e. The lowest BCUT2D eigenvalue weighted by molar-refractivity contribution is -0.137. The number of halogens is 3. The van der Waals surface area contributed by atoms with E-state index in [1.54, 1.807) is 17.2 Å². The van der Waals surface area contributed by atoms with E-state index in [2.05, 4.69) is 4.98 Å². The van der Waals surface area contributed by atoms with E-state index in [1.165, 1.54) is 6.07 Å². The highest BCUT2D eigenvalue weighted by Crippen LogP contribution is 2.38. The van der Waals surface area contributed by atoms with Crippen LogP contribution in [0.25, 0.3) is 0 Å². The second-order valence-corrected chi connectivity index (χ2v) is 5.01. The van der Waals surface area contributed by atoms with E-state index in [4.69, 9.17) is 5.73 Å². The first-order valence-corrected chi connectivity index (χ1v) is 6.64. The second-order valence-electron chi connectivity index (χ2n) is 5.01. The summed E-state index contributed by atoms with van der Waals surface area (Å²) in [6, 6.07) is 4.28. The lowest BCUT2D eigenvalue weighted by Crippen LogP contribution is -2.35. The summed E-state index contributed by atoms with van der Waals surface area (Å²) in [5.74, 6) is 0.775. The Morgan fingerprint density at radius 1 is 1.24 bits per heavy atom. The number of aromatic nitrogens is 2. The van der Waals surface area contributed by atoms with Crippen LogP contribution in [-0.2, 0) is 25.8 Å². The molecule has 0 unspecified atom stereocenters. The zero-order valence-electron chi connectivity index (χ0n) is 11.3. The Morgan fingerprint density at radius 2 is 2.05 bits per heavy atom. The van der Waals surface area contributed by atoms with Gasteiger partial charge in [0, 0.05) is 37.7 Å². The number of nitrogens with zero attached hydrogens (tertiary/aromatic N) is 3. The Morgan fingerprint density at radius 3 is 2.76 bits per heavy atom. The van der Waals surface area contributed by atoms with Crippen molar-refractivity contribution in [2.45, 2.75) is 25.8 Å². The summed E-state index contributed by atoms with van der Waals surface area (Å²) in [7, 11) is 0. The summed E-state index contributed by atoms with van der Waals surface area (Å²) >= 11 is 0. The fraction of sp³-hybridized carbons (Fsp3) is 0.357. The maximum absolute atomic E-state index is 13.3. The van der Waals surface area contributed by atoms with Gasteiger partial charge in [-0.25, -0.2) is 4.98 Å². The number of nitrogens with two attached hydrogens (primary N) is 1. The molecule has 4 nitrogen and oxygen atoms in total. The molecule has 2 aromatic rings. The third-order valence-electron chi connectivity index (χ3n) is 3.69. The van der Waals surface area contributed by atoms with Crippen molar-refractivity contribution < 1.29 is 13.2 Å². The molecular formula is C14H15F3N4. The molecule has 21 heavy (non-hydrogen) atoms. The fourth-order valence-corrected chi connectivity index (χ4v) is 2.59. The topological polar surface area (TPSA) is 47.1 Å². The van der Waals surface area contributed by atoms with Gasteiger partial charge in [0.05, 0.1) is 12.1 Å². The number of anilines is 1. The average molecular weight is 296 g/mol. The molecule has 0 spiro atoms. The summed E-state index contributed by atoms with van der Waals surface area (Å²) < 4.78 is 41.8. The molecule has 112 valence electrons. The Hall–Kier alpha value is -2.02. The van der Waals surface area contributed by atoms with Gasteiger partial charge in [0.2, 0.25) is 0 Å². The molecule has 0 radical (unpaired) electrons. The van der Waals surface area contributed by atoms with Gasteiger partial charge in [-0.05, 0) is 17.7 Å². The van der Waals surface area contributed by atoms with Gasteiger partial charge < -0.3 is 15.2 Å². The molecule has 7 heteroatoms.